The summed E-state index contributed by atoms with van der Waals surface area (Å²) in [5.41, 5.74) is 1.25. The van der Waals surface area contributed by atoms with Gasteiger partial charge in [0.25, 0.3) is 0 Å². The predicted octanol–water partition coefficient (Wildman–Crippen LogP) is 2.63. The first-order chi connectivity index (χ1) is 5.69. The van der Waals surface area contributed by atoms with Gasteiger partial charge in [-0.25, -0.2) is 0 Å². The van der Waals surface area contributed by atoms with Crippen LogP contribution in [0.2, 0.25) is 0 Å². The van der Waals surface area contributed by atoms with Gasteiger partial charge in [-0.05, 0) is 18.8 Å². The summed E-state index contributed by atoms with van der Waals surface area (Å²) in [6.45, 7) is 8.60. The van der Waals surface area contributed by atoms with Crippen molar-refractivity contribution in [3.05, 3.63) is 0 Å². The molecule has 1 rings (SSSR count). The minimum absolute atomic E-state index is 0.116. The summed E-state index contributed by atoms with van der Waals surface area (Å²) in [7, 11) is 0. The molecule has 0 bridgehead atoms. The van der Waals surface area contributed by atoms with E-state index < -0.39 is 0 Å². The molecule has 2 unspecified atom stereocenters. The van der Waals surface area contributed by atoms with Crippen molar-refractivity contribution in [2.75, 3.05) is 0 Å². The molecule has 0 N–H and O–H groups in total. The minimum atomic E-state index is 0.116. The molecule has 0 amide bonds. The van der Waals surface area contributed by atoms with Gasteiger partial charge in [-0.1, -0.05) is 27.7 Å². The number of nitrogens with zero attached hydrogens (tertiary/aromatic N) is 1. The van der Waals surface area contributed by atoms with Crippen molar-refractivity contribution in [3.8, 4) is 0 Å². The van der Waals surface area contributed by atoms with Crippen LogP contribution in [0, 0.1) is 5.92 Å². The summed E-state index contributed by atoms with van der Waals surface area (Å²) >= 11 is 0. The average Bonchev–Trinajstić information content (AvgIpc) is 2.46. The summed E-state index contributed by atoms with van der Waals surface area (Å²) in [6.07, 6.45) is 2.49. The van der Waals surface area contributed by atoms with Gasteiger partial charge in [0.15, 0.2) is 6.23 Å². The van der Waals surface area contributed by atoms with Crippen molar-refractivity contribution in [2.24, 2.45) is 10.9 Å². The third-order valence-corrected chi connectivity index (χ3v) is 2.27. The lowest BCUT2D eigenvalue weighted by Gasteiger charge is -2.14. The molecule has 0 aromatic heterocycles. The molecule has 2 nitrogen and oxygen atoms in total. The van der Waals surface area contributed by atoms with Gasteiger partial charge < -0.3 is 4.74 Å². The zero-order chi connectivity index (χ0) is 9.14. The maximum absolute atomic E-state index is 5.77. The second-order valence-electron chi connectivity index (χ2n) is 3.64. The number of rotatable bonds is 3. The van der Waals surface area contributed by atoms with Gasteiger partial charge in [0.1, 0.15) is 0 Å². The fraction of sp³-hybridized carbons (Fsp3) is 0.900. The van der Waals surface area contributed by atoms with Crippen molar-refractivity contribution in [3.63, 3.8) is 0 Å². The molecule has 0 spiro atoms. The van der Waals surface area contributed by atoms with Crippen LogP contribution < -0.4 is 0 Å². The number of aliphatic imine (C=N–C) groups is 1. The molecule has 0 saturated carbocycles. The molecule has 0 saturated heterocycles. The van der Waals surface area contributed by atoms with Gasteiger partial charge >= 0.3 is 0 Å². The molecule has 2 heteroatoms. The lowest BCUT2D eigenvalue weighted by Crippen LogP contribution is -2.20. The Morgan fingerprint density at radius 3 is 2.42 bits per heavy atom. The normalized spacial score (nSPS) is 29.6. The molecule has 12 heavy (non-hydrogen) atoms. The Morgan fingerprint density at radius 2 is 2.08 bits per heavy atom. The third kappa shape index (κ3) is 1.86. The first-order valence-corrected chi connectivity index (χ1v) is 4.91. The van der Waals surface area contributed by atoms with Crippen LogP contribution in [0.15, 0.2) is 4.99 Å². The van der Waals surface area contributed by atoms with E-state index in [0.29, 0.717) is 12.0 Å². The van der Waals surface area contributed by atoms with Crippen LogP contribution in [0.25, 0.3) is 0 Å². The van der Waals surface area contributed by atoms with E-state index in [1.54, 1.807) is 0 Å². The Hall–Kier alpha value is -0.370. The third-order valence-electron chi connectivity index (χ3n) is 2.27. The number of hydrogen-bond donors (Lipinski definition) is 0. The van der Waals surface area contributed by atoms with Crippen LogP contribution in [0.5, 0.6) is 0 Å². The van der Waals surface area contributed by atoms with Crippen LogP contribution in [0.3, 0.4) is 0 Å². The van der Waals surface area contributed by atoms with Gasteiger partial charge in [0.2, 0.25) is 0 Å². The molecule has 70 valence electrons. The monoisotopic (exact) mass is 169 g/mol. The largest absolute Gasteiger partial charge is 0.347 e. The zero-order valence-corrected chi connectivity index (χ0v) is 8.50. The second-order valence-corrected chi connectivity index (χ2v) is 3.64. The fourth-order valence-electron chi connectivity index (χ4n) is 1.48. The molecule has 0 aliphatic carbocycles. The number of ether oxygens (including phenoxy) is 1. The Morgan fingerprint density at radius 1 is 1.42 bits per heavy atom. The number of hydrogen-bond acceptors (Lipinski definition) is 2. The standard InChI is InChI=1S/C10H19NO/c1-5-8-9(6-2)12-10(11-8)7(3)4/h7,9-10H,5-6H2,1-4H3. The zero-order valence-electron chi connectivity index (χ0n) is 8.50. The minimum Gasteiger partial charge on any atom is -0.347 e. The van der Waals surface area contributed by atoms with E-state index in [4.69, 9.17) is 4.74 Å². The first-order valence-electron chi connectivity index (χ1n) is 4.91. The first kappa shape index (κ1) is 9.72. The van der Waals surface area contributed by atoms with Crippen LogP contribution in [-0.2, 0) is 4.74 Å². The SMILES string of the molecule is CCC1=NC(C(C)C)OC1CC. The smallest absolute Gasteiger partial charge is 0.151 e. The van der Waals surface area contributed by atoms with Gasteiger partial charge in [-0.3, -0.25) is 4.99 Å². The lowest BCUT2D eigenvalue weighted by atomic mass is 10.1. The van der Waals surface area contributed by atoms with Crippen molar-refractivity contribution in [2.45, 2.75) is 52.9 Å². The molecule has 0 radical (unpaired) electrons. The summed E-state index contributed by atoms with van der Waals surface area (Å²) < 4.78 is 5.77. The topological polar surface area (TPSA) is 21.6 Å². The van der Waals surface area contributed by atoms with E-state index in [-0.39, 0.29) is 6.23 Å². The molecule has 1 heterocycles. The summed E-state index contributed by atoms with van der Waals surface area (Å²) in [5.74, 6) is 0.503. The van der Waals surface area contributed by atoms with Crippen molar-refractivity contribution < 1.29 is 4.74 Å². The quantitative estimate of drug-likeness (QED) is 0.636. The van der Waals surface area contributed by atoms with Crippen molar-refractivity contribution in [1.29, 1.82) is 0 Å². The highest BCUT2D eigenvalue weighted by Gasteiger charge is 2.27. The van der Waals surface area contributed by atoms with E-state index in [0.717, 1.165) is 12.8 Å². The van der Waals surface area contributed by atoms with E-state index in [1.165, 1.54) is 5.71 Å². The van der Waals surface area contributed by atoms with E-state index in [2.05, 4.69) is 32.7 Å². The van der Waals surface area contributed by atoms with Crippen molar-refractivity contribution in [1.82, 2.24) is 0 Å². The second kappa shape index (κ2) is 4.04. The molecule has 2 atom stereocenters. The highest BCUT2D eigenvalue weighted by Crippen LogP contribution is 2.22. The van der Waals surface area contributed by atoms with Crippen LogP contribution >= 0.6 is 0 Å². The molecule has 0 aromatic carbocycles. The molecular weight excluding hydrogens is 150 g/mol. The highest BCUT2D eigenvalue weighted by molar-refractivity contribution is 5.89. The van der Waals surface area contributed by atoms with Crippen LogP contribution in [0.1, 0.15) is 40.5 Å². The molecular formula is C10H19NO. The summed E-state index contributed by atoms with van der Waals surface area (Å²) in [4.78, 5) is 4.55. The molecule has 0 aromatic rings. The van der Waals surface area contributed by atoms with E-state index in [9.17, 15) is 0 Å². The lowest BCUT2D eigenvalue weighted by molar-refractivity contribution is 0.0206. The Balaban J connectivity index is 2.61. The summed E-state index contributed by atoms with van der Waals surface area (Å²) in [5, 5.41) is 0. The van der Waals surface area contributed by atoms with Gasteiger partial charge in [0.05, 0.1) is 6.10 Å². The maximum atomic E-state index is 5.77. The average molecular weight is 169 g/mol. The van der Waals surface area contributed by atoms with Gasteiger partial charge in [-0.2, -0.15) is 0 Å². The Labute approximate surface area is 75.0 Å². The Kier molecular flexibility index (Phi) is 3.27. The van der Waals surface area contributed by atoms with Gasteiger partial charge in [0, 0.05) is 5.71 Å². The maximum Gasteiger partial charge on any atom is 0.151 e. The molecule has 1 aliphatic rings. The highest BCUT2D eigenvalue weighted by atomic mass is 16.5. The van der Waals surface area contributed by atoms with Crippen LogP contribution in [-0.4, -0.2) is 18.0 Å². The molecule has 0 fully saturated rings. The van der Waals surface area contributed by atoms with Gasteiger partial charge in [-0.15, -0.1) is 0 Å². The van der Waals surface area contributed by atoms with Crippen molar-refractivity contribution >= 4 is 5.71 Å². The van der Waals surface area contributed by atoms with Crippen LogP contribution in [0.4, 0.5) is 0 Å². The summed E-state index contributed by atoms with van der Waals surface area (Å²) in [6, 6.07) is 0. The van der Waals surface area contributed by atoms with E-state index >= 15 is 0 Å². The molecule has 1 aliphatic heterocycles. The Bertz CT molecular complexity index is 175. The van der Waals surface area contributed by atoms with E-state index in [1.807, 2.05) is 0 Å². The predicted molar refractivity (Wildman–Crippen MR) is 51.5 cm³/mol. The fourth-order valence-corrected chi connectivity index (χ4v) is 1.48.